The van der Waals surface area contributed by atoms with E-state index in [0.717, 1.165) is 35.4 Å². The fraction of sp³-hybridized carbons (Fsp3) is 0.548. The first-order valence-electron chi connectivity index (χ1n) is 13.2. The zero-order valence-corrected chi connectivity index (χ0v) is 20.1. The Kier molecular flexibility index (Phi) is 8.60. The largest absolute Gasteiger partial charge is 0.204 e. The number of halogens is 2. The van der Waals surface area contributed by atoms with Crippen molar-refractivity contribution < 1.29 is 8.78 Å². The van der Waals surface area contributed by atoms with Crippen LogP contribution in [0.3, 0.4) is 0 Å². The van der Waals surface area contributed by atoms with Gasteiger partial charge in [-0.1, -0.05) is 75.8 Å². The molecule has 2 heteroatoms. The molecule has 4 unspecified atom stereocenters. The van der Waals surface area contributed by atoms with Gasteiger partial charge in [0.15, 0.2) is 11.6 Å². The highest BCUT2D eigenvalue weighted by molar-refractivity contribution is 5.44. The number of hydrogen-bond donors (Lipinski definition) is 0. The standard InChI is InChI=1S/C31H38F2/c1-2-3-4-5-6-7-24-12-16-29-22-28(18-17-27(29)20-24)26-14-10-23(11-15-26)8-9-25-13-19-30(32)31(33)21-25/h10-11,13-15,19,21,24,27-29H,2-7,12,16-18,20,22H2,1H3. The first-order valence-corrected chi connectivity index (χ1v) is 13.2. The number of hydrogen-bond acceptors (Lipinski definition) is 0. The fourth-order valence-corrected chi connectivity index (χ4v) is 6.14. The summed E-state index contributed by atoms with van der Waals surface area (Å²) in [7, 11) is 0. The van der Waals surface area contributed by atoms with Crippen molar-refractivity contribution in [3.8, 4) is 11.8 Å². The minimum atomic E-state index is -0.853. The molecule has 4 atom stereocenters. The van der Waals surface area contributed by atoms with Gasteiger partial charge in [-0.2, -0.15) is 0 Å². The Morgan fingerprint density at radius 2 is 1.42 bits per heavy atom. The third kappa shape index (κ3) is 6.69. The van der Waals surface area contributed by atoms with E-state index < -0.39 is 11.6 Å². The minimum Gasteiger partial charge on any atom is -0.204 e. The summed E-state index contributed by atoms with van der Waals surface area (Å²) in [6.45, 7) is 2.29. The average molecular weight is 449 g/mol. The van der Waals surface area contributed by atoms with Crippen LogP contribution in [-0.2, 0) is 0 Å². The van der Waals surface area contributed by atoms with Gasteiger partial charge in [-0.3, -0.25) is 0 Å². The van der Waals surface area contributed by atoms with Crippen LogP contribution in [-0.4, -0.2) is 0 Å². The molecule has 2 aliphatic carbocycles. The molecule has 0 heterocycles. The van der Waals surface area contributed by atoms with Crippen LogP contribution in [0.1, 0.15) is 107 Å². The second-order valence-corrected chi connectivity index (χ2v) is 10.4. The number of rotatable bonds is 7. The predicted molar refractivity (Wildman–Crippen MR) is 133 cm³/mol. The molecule has 0 radical (unpaired) electrons. The van der Waals surface area contributed by atoms with Crippen LogP contribution in [0.25, 0.3) is 0 Å². The van der Waals surface area contributed by atoms with Crippen molar-refractivity contribution in [1.29, 1.82) is 0 Å². The van der Waals surface area contributed by atoms with E-state index in [1.807, 2.05) is 0 Å². The molecule has 0 N–H and O–H groups in total. The highest BCUT2D eigenvalue weighted by atomic mass is 19.2. The first kappa shape index (κ1) is 24.0. The Balaban J connectivity index is 1.27. The summed E-state index contributed by atoms with van der Waals surface area (Å²) in [4.78, 5) is 0. The number of unbranched alkanes of at least 4 members (excludes halogenated alkanes) is 4. The summed E-state index contributed by atoms with van der Waals surface area (Å²) in [5.74, 6) is 7.84. The van der Waals surface area contributed by atoms with Crippen LogP contribution in [0, 0.1) is 41.2 Å². The maximum Gasteiger partial charge on any atom is 0.160 e. The minimum absolute atomic E-state index is 0.493. The summed E-state index contributed by atoms with van der Waals surface area (Å²) in [5, 5.41) is 0. The third-order valence-corrected chi connectivity index (χ3v) is 8.09. The Labute approximate surface area is 199 Å². The normalized spacial score (nSPS) is 24.6. The zero-order valence-electron chi connectivity index (χ0n) is 20.1. The highest BCUT2D eigenvalue weighted by Gasteiger charge is 2.35. The molecule has 2 aliphatic rings. The Morgan fingerprint density at radius 3 is 2.21 bits per heavy atom. The van der Waals surface area contributed by atoms with Crippen LogP contribution in [0.15, 0.2) is 42.5 Å². The van der Waals surface area contributed by atoms with Gasteiger partial charge in [-0.05, 0) is 91.7 Å². The van der Waals surface area contributed by atoms with E-state index in [-0.39, 0.29) is 0 Å². The van der Waals surface area contributed by atoms with E-state index in [1.54, 1.807) is 0 Å². The Morgan fingerprint density at radius 1 is 0.727 bits per heavy atom. The first-order chi connectivity index (χ1) is 16.1. The molecule has 0 aliphatic heterocycles. The molecular formula is C31H38F2. The molecule has 0 amide bonds. The number of fused-ring (bicyclic) bond motifs is 1. The summed E-state index contributed by atoms with van der Waals surface area (Å²) < 4.78 is 26.4. The van der Waals surface area contributed by atoms with E-state index in [4.69, 9.17) is 0 Å². The molecule has 0 saturated heterocycles. The van der Waals surface area contributed by atoms with E-state index >= 15 is 0 Å². The topological polar surface area (TPSA) is 0 Å². The van der Waals surface area contributed by atoms with Crippen molar-refractivity contribution in [2.24, 2.45) is 17.8 Å². The average Bonchev–Trinajstić information content (AvgIpc) is 2.84. The van der Waals surface area contributed by atoms with Gasteiger partial charge in [-0.15, -0.1) is 0 Å². The zero-order chi connectivity index (χ0) is 23.0. The lowest BCUT2D eigenvalue weighted by atomic mass is 9.63. The maximum absolute atomic E-state index is 13.4. The van der Waals surface area contributed by atoms with Gasteiger partial charge >= 0.3 is 0 Å². The maximum atomic E-state index is 13.4. The molecule has 0 aromatic heterocycles. The monoisotopic (exact) mass is 448 g/mol. The van der Waals surface area contributed by atoms with Crippen LogP contribution in [0.5, 0.6) is 0 Å². The lowest BCUT2D eigenvalue weighted by molar-refractivity contribution is 0.113. The molecule has 4 rings (SSSR count). The van der Waals surface area contributed by atoms with Crippen molar-refractivity contribution in [2.75, 3.05) is 0 Å². The van der Waals surface area contributed by atoms with Crippen molar-refractivity contribution in [3.63, 3.8) is 0 Å². The molecule has 33 heavy (non-hydrogen) atoms. The lowest BCUT2D eigenvalue weighted by Crippen LogP contribution is -2.30. The molecule has 2 fully saturated rings. The molecule has 2 saturated carbocycles. The van der Waals surface area contributed by atoms with E-state index in [1.165, 1.54) is 88.7 Å². The molecule has 0 nitrogen and oxygen atoms in total. The van der Waals surface area contributed by atoms with Gasteiger partial charge in [0.1, 0.15) is 0 Å². The van der Waals surface area contributed by atoms with E-state index in [0.29, 0.717) is 11.5 Å². The lowest BCUT2D eigenvalue weighted by Gasteiger charge is -2.42. The van der Waals surface area contributed by atoms with Gasteiger partial charge in [0.05, 0.1) is 0 Å². The molecule has 0 spiro atoms. The molecule has 2 aromatic carbocycles. The summed E-state index contributed by atoms with van der Waals surface area (Å²) in [6.07, 6.45) is 16.9. The summed E-state index contributed by atoms with van der Waals surface area (Å²) in [5.41, 5.74) is 2.84. The summed E-state index contributed by atoms with van der Waals surface area (Å²) >= 11 is 0. The number of benzene rings is 2. The van der Waals surface area contributed by atoms with Gasteiger partial charge < -0.3 is 0 Å². The van der Waals surface area contributed by atoms with Crippen molar-refractivity contribution in [2.45, 2.75) is 89.9 Å². The summed E-state index contributed by atoms with van der Waals surface area (Å²) in [6, 6.07) is 12.4. The fourth-order valence-electron chi connectivity index (χ4n) is 6.14. The molecular weight excluding hydrogens is 410 g/mol. The van der Waals surface area contributed by atoms with Crippen molar-refractivity contribution in [3.05, 3.63) is 70.8 Å². The highest BCUT2D eigenvalue weighted by Crippen LogP contribution is 2.48. The van der Waals surface area contributed by atoms with Gasteiger partial charge in [0.2, 0.25) is 0 Å². The van der Waals surface area contributed by atoms with E-state index in [2.05, 4.69) is 43.0 Å². The van der Waals surface area contributed by atoms with Crippen molar-refractivity contribution >= 4 is 0 Å². The van der Waals surface area contributed by atoms with E-state index in [9.17, 15) is 8.78 Å². The van der Waals surface area contributed by atoms with Crippen LogP contribution < -0.4 is 0 Å². The smallest absolute Gasteiger partial charge is 0.160 e. The molecule has 176 valence electrons. The Hall–Kier alpha value is -2.14. The second kappa shape index (κ2) is 11.8. The van der Waals surface area contributed by atoms with Crippen LogP contribution in [0.2, 0.25) is 0 Å². The predicted octanol–water partition coefficient (Wildman–Crippen LogP) is 9.03. The quantitative estimate of drug-likeness (QED) is 0.293. The Bertz CT molecular complexity index is 949. The van der Waals surface area contributed by atoms with Gasteiger partial charge in [-0.25, -0.2) is 8.78 Å². The van der Waals surface area contributed by atoms with Gasteiger partial charge in [0.25, 0.3) is 0 Å². The van der Waals surface area contributed by atoms with Crippen LogP contribution in [0.4, 0.5) is 8.78 Å². The SMILES string of the molecule is CCCCCCCC1CCC2CC(c3ccc(C#Cc4ccc(F)c(F)c4)cc3)CCC2C1. The molecule has 0 bridgehead atoms. The third-order valence-electron chi connectivity index (χ3n) is 8.09. The van der Waals surface area contributed by atoms with Crippen molar-refractivity contribution in [1.82, 2.24) is 0 Å². The van der Waals surface area contributed by atoms with Crippen LogP contribution >= 0.6 is 0 Å². The molecule has 2 aromatic rings. The van der Waals surface area contributed by atoms with Gasteiger partial charge in [0, 0.05) is 11.1 Å². The second-order valence-electron chi connectivity index (χ2n) is 10.4.